The molecular formula is C40H52N2O4. The molecule has 6 heteroatoms. The van der Waals surface area contributed by atoms with Gasteiger partial charge < -0.3 is 9.47 Å². The number of hydrogen-bond acceptors (Lipinski definition) is 6. The van der Waals surface area contributed by atoms with E-state index >= 15 is 0 Å². The lowest BCUT2D eigenvalue weighted by atomic mass is 9.85. The molecule has 6 nitrogen and oxygen atoms in total. The zero-order valence-corrected chi connectivity index (χ0v) is 29.4. The molecule has 0 unspecified atom stereocenters. The van der Waals surface area contributed by atoms with E-state index in [1.165, 1.54) is 11.1 Å². The van der Waals surface area contributed by atoms with Gasteiger partial charge in [0.15, 0.2) is 0 Å². The molecule has 0 N–H and O–H groups in total. The minimum Gasteiger partial charge on any atom is -0.460 e. The summed E-state index contributed by atoms with van der Waals surface area (Å²) in [5.41, 5.74) is 8.04. The molecule has 0 fully saturated rings. The molecule has 2 aliphatic heterocycles. The highest BCUT2D eigenvalue weighted by molar-refractivity contribution is 6.02. The van der Waals surface area contributed by atoms with Crippen LogP contribution in [0.1, 0.15) is 106 Å². The normalized spacial score (nSPS) is 16.5. The molecule has 0 amide bonds. The van der Waals surface area contributed by atoms with E-state index in [-0.39, 0.29) is 35.6 Å². The lowest BCUT2D eigenvalue weighted by Gasteiger charge is -2.24. The van der Waals surface area contributed by atoms with Crippen molar-refractivity contribution >= 4 is 34.5 Å². The van der Waals surface area contributed by atoms with Crippen LogP contribution >= 0.6 is 0 Å². The fraction of sp³-hybridized carbons (Fsp3) is 0.500. The van der Waals surface area contributed by atoms with Gasteiger partial charge in [0.05, 0.1) is 12.8 Å². The quantitative estimate of drug-likeness (QED) is 0.233. The third-order valence-corrected chi connectivity index (χ3v) is 8.44. The Morgan fingerprint density at radius 1 is 0.587 bits per heavy atom. The van der Waals surface area contributed by atoms with Crippen molar-refractivity contribution in [2.75, 3.05) is 0 Å². The predicted octanol–water partition coefficient (Wildman–Crippen LogP) is 9.73. The number of aliphatic imine (C=N–C) groups is 2. The van der Waals surface area contributed by atoms with Crippen molar-refractivity contribution in [1.82, 2.24) is 0 Å². The van der Waals surface area contributed by atoms with E-state index in [0.29, 0.717) is 12.8 Å². The molecule has 0 bridgehead atoms. The van der Waals surface area contributed by atoms with Crippen LogP contribution in [0.15, 0.2) is 70.9 Å². The van der Waals surface area contributed by atoms with Gasteiger partial charge in [-0.3, -0.25) is 19.6 Å². The summed E-state index contributed by atoms with van der Waals surface area (Å²) < 4.78 is 11.2. The van der Waals surface area contributed by atoms with Crippen LogP contribution in [0.2, 0.25) is 0 Å². The first kappa shape index (κ1) is 35.1. The molecule has 2 atom stereocenters. The first-order valence-corrected chi connectivity index (χ1v) is 16.6. The molecule has 2 aromatic carbocycles. The molecule has 0 aliphatic carbocycles. The number of esters is 2. The zero-order chi connectivity index (χ0) is 33.8. The van der Waals surface area contributed by atoms with Crippen molar-refractivity contribution in [3.8, 4) is 11.1 Å². The van der Waals surface area contributed by atoms with E-state index in [9.17, 15) is 9.59 Å². The highest BCUT2D eigenvalue weighted by atomic mass is 16.6. The second kappa shape index (κ2) is 14.3. The van der Waals surface area contributed by atoms with E-state index < -0.39 is 11.2 Å². The zero-order valence-electron chi connectivity index (χ0n) is 29.4. The van der Waals surface area contributed by atoms with E-state index in [2.05, 4.69) is 76.2 Å². The van der Waals surface area contributed by atoms with Gasteiger partial charge >= 0.3 is 11.9 Å². The van der Waals surface area contributed by atoms with Crippen molar-refractivity contribution in [2.24, 2.45) is 33.7 Å². The van der Waals surface area contributed by atoms with Crippen molar-refractivity contribution in [2.45, 2.75) is 106 Å². The molecule has 0 aromatic heterocycles. The van der Waals surface area contributed by atoms with Crippen LogP contribution in [0.5, 0.6) is 0 Å². The second-order valence-electron chi connectivity index (χ2n) is 15.3. The van der Waals surface area contributed by atoms with Gasteiger partial charge in [-0.25, -0.2) is 0 Å². The Balaban J connectivity index is 1.35. The van der Waals surface area contributed by atoms with E-state index in [4.69, 9.17) is 19.5 Å². The van der Waals surface area contributed by atoms with Crippen LogP contribution in [0.25, 0.3) is 22.3 Å². The van der Waals surface area contributed by atoms with Crippen molar-refractivity contribution in [3.63, 3.8) is 0 Å². The number of rotatable bonds is 11. The lowest BCUT2D eigenvalue weighted by molar-refractivity contribution is -0.156. The minimum atomic E-state index is -0.491. The van der Waals surface area contributed by atoms with Gasteiger partial charge in [-0.05, 0) is 86.8 Å². The minimum absolute atomic E-state index is 0.0547. The number of hydrogen-bond donors (Lipinski definition) is 0. The lowest BCUT2D eigenvalue weighted by Crippen LogP contribution is -2.29. The van der Waals surface area contributed by atoms with Gasteiger partial charge in [-0.2, -0.15) is 0 Å². The van der Waals surface area contributed by atoms with Gasteiger partial charge in [0, 0.05) is 48.5 Å². The molecule has 2 heterocycles. The second-order valence-corrected chi connectivity index (χ2v) is 15.3. The summed E-state index contributed by atoms with van der Waals surface area (Å²) in [4.78, 5) is 34.7. The number of benzene rings is 2. The average Bonchev–Trinajstić information content (AvgIpc) is 3.63. The first-order chi connectivity index (χ1) is 21.5. The monoisotopic (exact) mass is 624 g/mol. The third-order valence-electron chi connectivity index (χ3n) is 8.44. The summed E-state index contributed by atoms with van der Waals surface area (Å²) in [6.45, 7) is 20.0. The smallest absolute Gasteiger partial charge is 0.306 e. The van der Waals surface area contributed by atoms with Crippen LogP contribution in [0, 0.1) is 23.7 Å². The molecule has 46 heavy (non-hydrogen) atoms. The Morgan fingerprint density at radius 3 is 1.17 bits per heavy atom. The van der Waals surface area contributed by atoms with Crippen molar-refractivity contribution in [3.05, 3.63) is 72.1 Å². The number of ether oxygens (including phenoxy) is 2. The van der Waals surface area contributed by atoms with Gasteiger partial charge in [-0.1, -0.05) is 76.2 Å². The van der Waals surface area contributed by atoms with E-state index in [1.807, 2.05) is 53.9 Å². The summed E-state index contributed by atoms with van der Waals surface area (Å²) in [6.07, 6.45) is 6.08. The Morgan fingerprint density at radius 2 is 0.891 bits per heavy atom. The first-order valence-electron chi connectivity index (χ1n) is 16.6. The number of carbonyl (C=O) groups excluding carboxylic acids is 2. The van der Waals surface area contributed by atoms with Gasteiger partial charge in [-0.15, -0.1) is 0 Å². The highest BCUT2D eigenvalue weighted by Gasteiger charge is 2.30. The number of carbonyl (C=O) groups is 2. The molecule has 0 saturated carbocycles. The van der Waals surface area contributed by atoms with Crippen LogP contribution < -0.4 is 0 Å². The Bertz CT molecular complexity index is 1410. The Labute approximate surface area is 276 Å². The van der Waals surface area contributed by atoms with E-state index in [1.54, 1.807) is 0 Å². The highest BCUT2D eigenvalue weighted by Crippen LogP contribution is 2.34. The fourth-order valence-corrected chi connectivity index (χ4v) is 6.06. The molecule has 2 aliphatic rings. The standard InChI is InChI=1S/C40H52N2O4/c1-25(2)33(21-37(43)45-39(5,6)7)35-19-31(23-41-35)29-15-11-27(12-16-29)28-13-17-30(18-14-28)32-20-36(42-24-32)34(26(3)4)22-38(44)46-40(8,9)10/h11-18,23-26,33-34H,19-22H2,1-10H3/t33-,34-/m0/s1. The summed E-state index contributed by atoms with van der Waals surface area (Å²) in [6, 6.07) is 17.2. The third kappa shape index (κ3) is 9.60. The van der Waals surface area contributed by atoms with E-state index in [0.717, 1.165) is 46.5 Å². The molecule has 0 radical (unpaired) electrons. The average molecular weight is 625 g/mol. The maximum Gasteiger partial charge on any atom is 0.306 e. The van der Waals surface area contributed by atoms with Crippen molar-refractivity contribution < 1.29 is 19.1 Å². The number of allylic oxidation sites excluding steroid dienone is 2. The Kier molecular flexibility index (Phi) is 10.9. The summed E-state index contributed by atoms with van der Waals surface area (Å²) in [5.74, 6) is 0.339. The summed E-state index contributed by atoms with van der Waals surface area (Å²) in [5, 5.41) is 0. The largest absolute Gasteiger partial charge is 0.460 e. The molecule has 0 spiro atoms. The topological polar surface area (TPSA) is 77.3 Å². The maximum absolute atomic E-state index is 12.6. The van der Waals surface area contributed by atoms with Crippen LogP contribution in [0.4, 0.5) is 0 Å². The van der Waals surface area contributed by atoms with Gasteiger partial charge in [0.1, 0.15) is 11.2 Å². The molecule has 0 saturated heterocycles. The summed E-state index contributed by atoms with van der Waals surface area (Å²) >= 11 is 0. The van der Waals surface area contributed by atoms with Crippen LogP contribution in [0.3, 0.4) is 0 Å². The molecular weight excluding hydrogens is 572 g/mol. The van der Waals surface area contributed by atoms with Crippen molar-refractivity contribution in [1.29, 1.82) is 0 Å². The van der Waals surface area contributed by atoms with Gasteiger partial charge in [0.25, 0.3) is 0 Å². The molecule has 4 rings (SSSR count). The SMILES string of the molecule is CC(C)[C@H](CC(=O)OC(C)(C)C)C1=NC=C(c2ccc(-c3ccc(C4=CN=C([C@@H](CC(=O)OC(C)(C)C)C(C)C)C4)cc3)cc2)C1. The van der Waals surface area contributed by atoms with Crippen LogP contribution in [-0.2, 0) is 19.1 Å². The predicted molar refractivity (Wildman–Crippen MR) is 190 cm³/mol. The number of nitrogens with zero attached hydrogens (tertiary/aromatic N) is 2. The maximum atomic E-state index is 12.6. The Hall–Kier alpha value is -3.80. The van der Waals surface area contributed by atoms with Gasteiger partial charge in [0.2, 0.25) is 0 Å². The molecule has 2 aromatic rings. The van der Waals surface area contributed by atoms with Crippen LogP contribution in [-0.4, -0.2) is 34.6 Å². The summed E-state index contributed by atoms with van der Waals surface area (Å²) in [7, 11) is 0. The molecule has 246 valence electrons. The fourth-order valence-electron chi connectivity index (χ4n) is 6.06.